The van der Waals surface area contributed by atoms with E-state index in [0.29, 0.717) is 54.3 Å². The number of carboxylic acid groups (broad SMARTS) is 1. The van der Waals surface area contributed by atoms with Crippen LogP contribution in [-0.2, 0) is 20.8 Å². The smallest absolute Gasteiger partial charge is 0.305 e. The highest BCUT2D eigenvalue weighted by atomic mass is 16.5. The van der Waals surface area contributed by atoms with E-state index in [1.165, 1.54) is 20.1 Å². The maximum Gasteiger partial charge on any atom is 0.305 e. The Kier molecular flexibility index (Phi) is 10.1. The van der Waals surface area contributed by atoms with Crippen molar-refractivity contribution in [1.29, 1.82) is 0 Å². The van der Waals surface area contributed by atoms with E-state index in [0.717, 1.165) is 16.7 Å². The molecule has 0 aromatic heterocycles. The van der Waals surface area contributed by atoms with E-state index in [1.54, 1.807) is 20.3 Å². The second-order valence-electron chi connectivity index (χ2n) is 9.12. The summed E-state index contributed by atoms with van der Waals surface area (Å²) in [5.41, 5.74) is 3.16. The number of hydrogen-bond donors (Lipinski definition) is 4. The van der Waals surface area contributed by atoms with Gasteiger partial charge in [0.25, 0.3) is 0 Å². The number of nitrogens with one attached hydrogen (secondary N) is 3. The molecule has 2 amide bonds. The van der Waals surface area contributed by atoms with Gasteiger partial charge in [0.05, 0.1) is 39.5 Å². The van der Waals surface area contributed by atoms with Gasteiger partial charge >= 0.3 is 5.97 Å². The Labute approximate surface area is 226 Å². The van der Waals surface area contributed by atoms with E-state index in [1.807, 2.05) is 12.1 Å². The summed E-state index contributed by atoms with van der Waals surface area (Å²) in [6, 6.07) is 6.52. The summed E-state index contributed by atoms with van der Waals surface area (Å²) in [5.74, 6) is -0.0225. The van der Waals surface area contributed by atoms with Crippen molar-refractivity contribution in [2.45, 2.75) is 45.1 Å². The highest BCUT2D eigenvalue weighted by Gasteiger charge is 2.29. The molecule has 0 saturated carbocycles. The maximum absolute atomic E-state index is 13.3. The molecule has 0 spiro atoms. The van der Waals surface area contributed by atoms with Crippen LogP contribution in [0.4, 0.5) is 5.69 Å². The Balaban J connectivity index is 1.96. The van der Waals surface area contributed by atoms with Crippen LogP contribution in [0.2, 0.25) is 0 Å². The summed E-state index contributed by atoms with van der Waals surface area (Å²) >= 11 is 0. The summed E-state index contributed by atoms with van der Waals surface area (Å²) in [6.07, 6.45) is 1.65. The van der Waals surface area contributed by atoms with Crippen LogP contribution in [0.5, 0.6) is 17.2 Å². The highest BCUT2D eigenvalue weighted by Crippen LogP contribution is 2.50. The van der Waals surface area contributed by atoms with Crippen molar-refractivity contribution in [3.63, 3.8) is 0 Å². The average Bonchev–Trinajstić information content (AvgIpc) is 3.13. The first-order valence-electron chi connectivity index (χ1n) is 12.7. The fourth-order valence-electron chi connectivity index (χ4n) is 4.72. The van der Waals surface area contributed by atoms with Crippen LogP contribution in [0.25, 0.3) is 11.1 Å². The van der Waals surface area contributed by atoms with Crippen LogP contribution in [-0.4, -0.2) is 57.3 Å². The second-order valence-corrected chi connectivity index (χ2v) is 9.12. The van der Waals surface area contributed by atoms with Crippen molar-refractivity contribution in [3.05, 3.63) is 45.6 Å². The molecule has 0 radical (unpaired) electrons. The minimum Gasteiger partial charge on any atom is -0.493 e. The fraction of sp³-hybridized carbons (Fsp3) is 0.429. The first-order valence-corrected chi connectivity index (χ1v) is 12.7. The number of amides is 2. The van der Waals surface area contributed by atoms with Crippen LogP contribution in [0, 0.1) is 0 Å². The van der Waals surface area contributed by atoms with Crippen molar-refractivity contribution in [3.8, 4) is 28.4 Å². The summed E-state index contributed by atoms with van der Waals surface area (Å²) in [7, 11) is 4.62. The van der Waals surface area contributed by atoms with Gasteiger partial charge in [0.1, 0.15) is 0 Å². The Morgan fingerprint density at radius 1 is 1.00 bits per heavy atom. The van der Waals surface area contributed by atoms with Crippen LogP contribution >= 0.6 is 0 Å². The third kappa shape index (κ3) is 7.18. The Hall–Kier alpha value is -4.28. The fourth-order valence-corrected chi connectivity index (χ4v) is 4.72. The van der Waals surface area contributed by atoms with Gasteiger partial charge in [-0.1, -0.05) is 6.07 Å². The lowest BCUT2D eigenvalue weighted by Crippen LogP contribution is -2.26. The van der Waals surface area contributed by atoms with E-state index in [4.69, 9.17) is 19.3 Å². The van der Waals surface area contributed by atoms with E-state index in [-0.39, 0.29) is 36.6 Å². The summed E-state index contributed by atoms with van der Waals surface area (Å²) in [6.45, 7) is 1.87. The number of aryl methyl sites for hydroxylation is 1. The van der Waals surface area contributed by atoms with Crippen LogP contribution in [0.1, 0.15) is 49.8 Å². The molecule has 1 atom stereocenters. The van der Waals surface area contributed by atoms with Crippen molar-refractivity contribution in [2.24, 2.45) is 0 Å². The first-order chi connectivity index (χ1) is 18.7. The minimum absolute atomic E-state index is 0.0729. The predicted octanol–water partition coefficient (Wildman–Crippen LogP) is 2.65. The number of carbonyl (C=O) groups excluding carboxylic acids is 2. The molecule has 2 aromatic carbocycles. The number of ether oxygens (including phenoxy) is 3. The zero-order chi connectivity index (χ0) is 28.5. The molecule has 11 nitrogen and oxygen atoms in total. The van der Waals surface area contributed by atoms with Crippen LogP contribution < -0.4 is 35.6 Å². The zero-order valence-electron chi connectivity index (χ0n) is 22.6. The molecule has 0 bridgehead atoms. The number of methoxy groups -OCH3 is 3. The van der Waals surface area contributed by atoms with Crippen molar-refractivity contribution < 1.29 is 33.7 Å². The molecular weight excluding hydrogens is 506 g/mol. The van der Waals surface area contributed by atoms with E-state index in [2.05, 4.69) is 16.0 Å². The Morgan fingerprint density at radius 3 is 2.38 bits per heavy atom. The molecule has 11 heteroatoms. The quantitative estimate of drug-likeness (QED) is 0.297. The van der Waals surface area contributed by atoms with E-state index < -0.39 is 12.0 Å². The Morgan fingerprint density at radius 2 is 1.74 bits per heavy atom. The molecule has 2 aromatic rings. The van der Waals surface area contributed by atoms with Gasteiger partial charge in [0.15, 0.2) is 11.5 Å². The third-order valence-corrected chi connectivity index (χ3v) is 6.47. The van der Waals surface area contributed by atoms with Gasteiger partial charge in [-0.05, 0) is 54.2 Å². The second kappa shape index (κ2) is 13.5. The molecule has 0 saturated heterocycles. The lowest BCUT2D eigenvalue weighted by Gasteiger charge is -2.19. The van der Waals surface area contributed by atoms with Gasteiger partial charge in [-0.3, -0.25) is 19.2 Å². The molecule has 0 heterocycles. The lowest BCUT2D eigenvalue weighted by atomic mass is 9.95. The number of carboxylic acids is 1. The molecule has 0 aliphatic heterocycles. The van der Waals surface area contributed by atoms with Gasteiger partial charge in [0.2, 0.25) is 23.0 Å². The third-order valence-electron chi connectivity index (χ3n) is 6.47. The van der Waals surface area contributed by atoms with Crippen molar-refractivity contribution >= 4 is 23.5 Å². The number of benzene rings is 1. The average molecular weight is 542 g/mol. The number of anilines is 1. The molecule has 39 heavy (non-hydrogen) atoms. The molecule has 0 unspecified atom stereocenters. The van der Waals surface area contributed by atoms with Crippen LogP contribution in [0.3, 0.4) is 0 Å². The molecular formula is C28H35N3O8. The standard InChI is InChI=1S/C28H35N3O8/c1-16(32)31-20-9-7-17-14-23(37-2)27(38-3)28(39-4)26(17)18-8-10-21(22(33)15-19(18)20)29-12-5-6-24(34)30-13-11-25(35)36/h8,10,14-15,20H,5-7,9,11-13H2,1-4H3,(H,29,33)(H,30,34)(H,31,32)(H,35,36)/t20-/m1/s1. The van der Waals surface area contributed by atoms with Gasteiger partial charge in [-0.2, -0.15) is 0 Å². The number of fused-ring (bicyclic) bond motifs is 3. The zero-order valence-corrected chi connectivity index (χ0v) is 22.6. The molecule has 1 aliphatic carbocycles. The van der Waals surface area contributed by atoms with Gasteiger partial charge < -0.3 is 35.3 Å². The predicted molar refractivity (Wildman–Crippen MR) is 146 cm³/mol. The lowest BCUT2D eigenvalue weighted by molar-refractivity contribution is -0.137. The maximum atomic E-state index is 13.3. The van der Waals surface area contributed by atoms with Gasteiger partial charge in [-0.25, -0.2) is 0 Å². The number of carbonyl (C=O) groups is 3. The largest absolute Gasteiger partial charge is 0.493 e. The molecule has 4 N–H and O–H groups in total. The summed E-state index contributed by atoms with van der Waals surface area (Å²) in [4.78, 5) is 47.8. The molecule has 3 rings (SSSR count). The monoisotopic (exact) mass is 541 g/mol. The number of rotatable bonds is 12. The summed E-state index contributed by atoms with van der Waals surface area (Å²) < 4.78 is 16.9. The normalized spacial score (nSPS) is 13.7. The van der Waals surface area contributed by atoms with Gasteiger partial charge in [-0.15, -0.1) is 0 Å². The van der Waals surface area contributed by atoms with Crippen molar-refractivity contribution in [1.82, 2.24) is 10.6 Å². The Bertz CT molecular complexity index is 1290. The SMILES string of the molecule is COc1cc2c(c(OC)c1OC)-c1ccc(NCCCC(=O)NCCC(=O)O)c(=O)cc1[C@H](NC(C)=O)CC2. The molecule has 1 aliphatic rings. The van der Waals surface area contributed by atoms with Crippen LogP contribution in [0.15, 0.2) is 29.1 Å². The topological polar surface area (TPSA) is 152 Å². The molecule has 210 valence electrons. The van der Waals surface area contributed by atoms with E-state index in [9.17, 15) is 19.2 Å². The minimum atomic E-state index is -0.978. The van der Waals surface area contributed by atoms with Crippen molar-refractivity contribution in [2.75, 3.05) is 39.7 Å². The highest BCUT2D eigenvalue weighted by molar-refractivity contribution is 5.84. The molecule has 0 fully saturated rings. The summed E-state index contributed by atoms with van der Waals surface area (Å²) in [5, 5.41) is 17.3. The van der Waals surface area contributed by atoms with Gasteiger partial charge in [0, 0.05) is 32.0 Å². The number of aliphatic carboxylic acids is 1. The van der Waals surface area contributed by atoms with E-state index >= 15 is 0 Å². The first kappa shape index (κ1) is 29.3. The number of hydrogen-bond acceptors (Lipinski definition) is 8.